The van der Waals surface area contributed by atoms with E-state index in [9.17, 15) is 9.59 Å². The number of nitrogens with zero attached hydrogens (tertiary/aromatic N) is 5. The fourth-order valence-electron chi connectivity index (χ4n) is 9.21. The Bertz CT molecular complexity index is 2700. The SMILES string of the molecule is CCCOCCOCCN(CC(C)(C)S)c1cc(COc2cc3c(cc2C)C(=O)N2c4ccccc4C[C@H]2C=N3)cc(COc2cc3c(cc2OC)C(=O)N2c4ccccc4C[C@H]2C=N3)c1. The van der Waals surface area contributed by atoms with Gasteiger partial charge < -0.3 is 28.6 Å². The number of thiol groups is 1. The minimum atomic E-state index is -0.328. The van der Waals surface area contributed by atoms with E-state index >= 15 is 0 Å². The Labute approximate surface area is 392 Å². The molecule has 4 aliphatic rings. The van der Waals surface area contributed by atoms with Gasteiger partial charge in [0, 0.05) is 78.9 Å². The molecular formula is C53H57N5O7S. The molecule has 12 nitrogen and oxygen atoms in total. The first-order chi connectivity index (χ1) is 32.0. The van der Waals surface area contributed by atoms with Crippen LogP contribution in [-0.2, 0) is 35.5 Å². The number of aryl methyl sites for hydroxylation is 1. The van der Waals surface area contributed by atoms with Gasteiger partial charge in [-0.3, -0.25) is 29.4 Å². The lowest BCUT2D eigenvalue weighted by Crippen LogP contribution is -2.37. The van der Waals surface area contributed by atoms with Gasteiger partial charge in [0.15, 0.2) is 11.5 Å². The predicted molar refractivity (Wildman–Crippen MR) is 264 cm³/mol. The number of para-hydroxylation sites is 2. The van der Waals surface area contributed by atoms with E-state index in [1.54, 1.807) is 19.2 Å². The highest BCUT2D eigenvalue weighted by Crippen LogP contribution is 2.42. The van der Waals surface area contributed by atoms with Crippen LogP contribution in [0.4, 0.5) is 28.4 Å². The van der Waals surface area contributed by atoms with E-state index in [-0.39, 0.29) is 41.9 Å². The van der Waals surface area contributed by atoms with Gasteiger partial charge in [0.2, 0.25) is 0 Å². The van der Waals surface area contributed by atoms with Crippen LogP contribution in [0.2, 0.25) is 0 Å². The molecule has 4 heterocycles. The zero-order valence-electron chi connectivity index (χ0n) is 38.3. The van der Waals surface area contributed by atoms with Crippen LogP contribution in [0.1, 0.15) is 75.7 Å². The number of fused-ring (bicyclic) bond motifs is 8. The number of carbonyl (C=O) groups excluding carboxylic acids is 2. The smallest absolute Gasteiger partial charge is 0.261 e. The summed E-state index contributed by atoms with van der Waals surface area (Å²) in [5, 5.41) is 0. The van der Waals surface area contributed by atoms with Crippen LogP contribution in [0.15, 0.2) is 101 Å². The molecule has 2 atom stereocenters. The van der Waals surface area contributed by atoms with Gasteiger partial charge in [0.1, 0.15) is 19.0 Å². The molecule has 0 aliphatic carbocycles. The quantitative estimate of drug-likeness (QED) is 0.0684. The normalized spacial score (nSPS) is 16.8. The molecule has 0 unspecified atom stereocenters. The molecule has 0 saturated carbocycles. The monoisotopic (exact) mass is 907 g/mol. The molecule has 13 heteroatoms. The lowest BCUT2D eigenvalue weighted by atomic mass is 10.1. The summed E-state index contributed by atoms with van der Waals surface area (Å²) in [5.41, 5.74) is 9.83. The highest BCUT2D eigenvalue weighted by molar-refractivity contribution is 7.81. The molecule has 9 rings (SSSR count). The van der Waals surface area contributed by atoms with Crippen LogP contribution in [0.5, 0.6) is 17.2 Å². The third-order valence-corrected chi connectivity index (χ3v) is 12.4. The average molecular weight is 908 g/mol. The molecule has 0 radical (unpaired) electrons. The molecule has 342 valence electrons. The van der Waals surface area contributed by atoms with Crippen molar-refractivity contribution in [3.05, 3.63) is 130 Å². The van der Waals surface area contributed by atoms with Gasteiger partial charge >= 0.3 is 0 Å². The fraction of sp³-hybridized carbons (Fsp3) is 0.358. The molecule has 2 amide bonds. The summed E-state index contributed by atoms with van der Waals surface area (Å²) >= 11 is 4.94. The number of aliphatic imine (C=N–C) groups is 2. The van der Waals surface area contributed by atoms with Crippen molar-refractivity contribution < 1.29 is 33.3 Å². The molecule has 0 N–H and O–H groups in total. The van der Waals surface area contributed by atoms with Crippen LogP contribution in [0.25, 0.3) is 0 Å². The maximum absolute atomic E-state index is 14.1. The number of hydrogen-bond donors (Lipinski definition) is 1. The molecule has 0 spiro atoms. The van der Waals surface area contributed by atoms with E-state index in [1.165, 1.54) is 0 Å². The van der Waals surface area contributed by atoms with Gasteiger partial charge in [-0.25, -0.2) is 0 Å². The molecule has 0 fully saturated rings. The van der Waals surface area contributed by atoms with Crippen molar-refractivity contribution in [2.45, 2.75) is 77.0 Å². The van der Waals surface area contributed by atoms with Crippen molar-refractivity contribution >= 4 is 65.3 Å². The van der Waals surface area contributed by atoms with E-state index in [0.29, 0.717) is 85.7 Å². The van der Waals surface area contributed by atoms with Crippen molar-refractivity contribution in [2.75, 3.05) is 61.3 Å². The zero-order chi connectivity index (χ0) is 46.0. The Morgan fingerprint density at radius 1 is 0.697 bits per heavy atom. The first-order valence-corrected chi connectivity index (χ1v) is 23.2. The standard InChI is InChI=1S/C53H57N5O7S/c1-6-16-62-18-19-63-17-15-56(33-53(3,4)66)39-22-35(31-64-48-27-44-42(20-34(48)2)51(59)57-40(29-54-44)24-37-11-7-9-13-46(37)57)21-36(23-39)32-65-50-28-45-43(26-49(50)61-5)52(60)58-41(30-55-45)25-38-12-8-10-14-47(38)58/h7-14,20-23,26-30,40-41,66H,6,15-19,24-25,31-33H2,1-5H3/t40-,41-/m0/s1. The first-order valence-electron chi connectivity index (χ1n) is 22.8. The molecule has 5 aromatic rings. The summed E-state index contributed by atoms with van der Waals surface area (Å²) in [7, 11) is 1.58. The number of amides is 2. The van der Waals surface area contributed by atoms with Gasteiger partial charge in [-0.1, -0.05) is 43.3 Å². The number of ether oxygens (including phenoxy) is 5. The zero-order valence-corrected chi connectivity index (χ0v) is 39.2. The predicted octanol–water partition coefficient (Wildman–Crippen LogP) is 9.69. The topological polar surface area (TPSA) is 115 Å². The summed E-state index contributed by atoms with van der Waals surface area (Å²) in [6, 6.07) is 29.3. The fourth-order valence-corrected chi connectivity index (χ4v) is 9.38. The lowest BCUT2D eigenvalue weighted by molar-refractivity contribution is 0.0505. The highest BCUT2D eigenvalue weighted by Gasteiger charge is 2.38. The van der Waals surface area contributed by atoms with Crippen molar-refractivity contribution in [3.8, 4) is 17.2 Å². The molecule has 66 heavy (non-hydrogen) atoms. The van der Waals surface area contributed by atoms with Crippen molar-refractivity contribution in [3.63, 3.8) is 0 Å². The largest absolute Gasteiger partial charge is 0.493 e. The van der Waals surface area contributed by atoms with Crippen LogP contribution in [0.3, 0.4) is 0 Å². The third kappa shape index (κ3) is 9.56. The molecule has 0 saturated heterocycles. The van der Waals surface area contributed by atoms with Crippen LogP contribution >= 0.6 is 12.6 Å². The molecule has 4 aliphatic heterocycles. The summed E-state index contributed by atoms with van der Waals surface area (Å²) in [4.78, 5) is 43.7. The van der Waals surface area contributed by atoms with Crippen molar-refractivity contribution in [1.82, 2.24) is 0 Å². The van der Waals surface area contributed by atoms with Crippen LogP contribution in [-0.4, -0.2) is 87.7 Å². The number of carbonyl (C=O) groups is 2. The summed E-state index contributed by atoms with van der Waals surface area (Å²) in [6.07, 6.45) is 6.13. The Morgan fingerprint density at radius 3 is 1.82 bits per heavy atom. The molecule has 0 bridgehead atoms. The van der Waals surface area contributed by atoms with Gasteiger partial charge in [0.25, 0.3) is 11.8 Å². The Balaban J connectivity index is 0.986. The number of hydrogen-bond acceptors (Lipinski definition) is 11. The highest BCUT2D eigenvalue weighted by atomic mass is 32.1. The van der Waals surface area contributed by atoms with E-state index < -0.39 is 0 Å². The van der Waals surface area contributed by atoms with Crippen LogP contribution < -0.4 is 28.9 Å². The average Bonchev–Trinajstić information content (AvgIpc) is 3.80. The van der Waals surface area contributed by atoms with Crippen molar-refractivity contribution in [1.29, 1.82) is 0 Å². The lowest BCUT2D eigenvalue weighted by Gasteiger charge is -2.32. The Kier molecular flexibility index (Phi) is 13.2. The third-order valence-electron chi connectivity index (χ3n) is 12.3. The van der Waals surface area contributed by atoms with E-state index in [4.69, 9.17) is 46.3 Å². The minimum absolute atomic E-state index is 0.0651. The van der Waals surface area contributed by atoms with Crippen LogP contribution in [0, 0.1) is 6.92 Å². The first kappa shape index (κ1) is 45.0. The summed E-state index contributed by atoms with van der Waals surface area (Å²) in [5.74, 6) is 1.36. The number of benzene rings is 5. The second-order valence-corrected chi connectivity index (χ2v) is 19.1. The van der Waals surface area contributed by atoms with Gasteiger partial charge in [-0.05, 0) is 97.5 Å². The molecular weight excluding hydrogens is 851 g/mol. The Hall–Kier alpha value is -6.15. The maximum Gasteiger partial charge on any atom is 0.261 e. The van der Waals surface area contributed by atoms with E-state index in [2.05, 4.69) is 56.0 Å². The van der Waals surface area contributed by atoms with E-state index in [0.717, 1.165) is 57.7 Å². The molecule has 5 aromatic carbocycles. The maximum atomic E-state index is 14.1. The number of methoxy groups -OCH3 is 1. The number of rotatable bonds is 18. The van der Waals surface area contributed by atoms with Gasteiger partial charge in [-0.15, -0.1) is 0 Å². The second-order valence-electron chi connectivity index (χ2n) is 17.9. The van der Waals surface area contributed by atoms with Gasteiger partial charge in [-0.2, -0.15) is 12.6 Å². The summed E-state index contributed by atoms with van der Waals surface area (Å²) < 4.78 is 30.4. The van der Waals surface area contributed by atoms with E-state index in [1.807, 2.05) is 77.7 Å². The van der Waals surface area contributed by atoms with Gasteiger partial charge in [0.05, 0.1) is 61.5 Å². The molecule has 0 aromatic heterocycles. The Morgan fingerprint density at radius 2 is 1.24 bits per heavy atom. The van der Waals surface area contributed by atoms with Crippen molar-refractivity contribution in [2.24, 2.45) is 9.98 Å². The number of anilines is 3. The minimum Gasteiger partial charge on any atom is -0.493 e. The summed E-state index contributed by atoms with van der Waals surface area (Å²) in [6.45, 7) is 12.2. The second kappa shape index (κ2) is 19.4.